The van der Waals surface area contributed by atoms with Gasteiger partial charge in [0.15, 0.2) is 0 Å². The molecule has 2 saturated heterocycles. The number of aromatic nitrogens is 1. The Hall–Kier alpha value is -1.46. The van der Waals surface area contributed by atoms with Gasteiger partial charge in [-0.05, 0) is 69.9 Å². The van der Waals surface area contributed by atoms with E-state index in [9.17, 15) is 4.79 Å². The molecule has 2 aliphatic rings. The summed E-state index contributed by atoms with van der Waals surface area (Å²) in [5.74, 6) is 0.171. The largest absolute Gasteiger partial charge is 0.349 e. The highest BCUT2D eigenvalue weighted by Crippen LogP contribution is 2.43. The second kappa shape index (κ2) is 7.62. The molecule has 5 heteroatoms. The van der Waals surface area contributed by atoms with Gasteiger partial charge in [-0.1, -0.05) is 13.0 Å². The van der Waals surface area contributed by atoms with Crippen LogP contribution in [0.15, 0.2) is 24.4 Å². The molecule has 1 unspecified atom stereocenters. The molecular weight excluding hydrogens is 300 g/mol. The molecule has 24 heavy (non-hydrogen) atoms. The molecule has 1 amide bonds. The highest BCUT2D eigenvalue weighted by Gasteiger charge is 2.47. The van der Waals surface area contributed by atoms with E-state index >= 15 is 0 Å². The van der Waals surface area contributed by atoms with Gasteiger partial charge in [0.05, 0.1) is 18.3 Å². The number of pyridine rings is 1. The van der Waals surface area contributed by atoms with Crippen LogP contribution in [0.1, 0.15) is 38.3 Å². The summed E-state index contributed by atoms with van der Waals surface area (Å²) in [5, 5.41) is 3.11. The Bertz CT molecular complexity index is 540. The van der Waals surface area contributed by atoms with Gasteiger partial charge in [0.2, 0.25) is 5.91 Å². The van der Waals surface area contributed by atoms with Crippen molar-refractivity contribution < 1.29 is 4.79 Å². The van der Waals surface area contributed by atoms with Crippen LogP contribution in [0.4, 0.5) is 0 Å². The van der Waals surface area contributed by atoms with Gasteiger partial charge in [0.25, 0.3) is 0 Å². The number of nitrogens with zero attached hydrogens (tertiary/aromatic N) is 3. The number of carbonyl (C=O) groups excluding carboxylic acids is 1. The number of rotatable bonds is 5. The van der Waals surface area contributed by atoms with Crippen molar-refractivity contribution in [3.8, 4) is 0 Å². The van der Waals surface area contributed by atoms with Crippen LogP contribution in [-0.4, -0.2) is 60.0 Å². The molecule has 1 aromatic heterocycles. The number of hydrogen-bond acceptors (Lipinski definition) is 4. The highest BCUT2D eigenvalue weighted by atomic mass is 16.2. The van der Waals surface area contributed by atoms with E-state index in [1.807, 2.05) is 18.2 Å². The second-order valence-electron chi connectivity index (χ2n) is 7.53. The predicted octanol–water partition coefficient (Wildman–Crippen LogP) is 1.89. The van der Waals surface area contributed by atoms with Gasteiger partial charge in [-0.25, -0.2) is 0 Å². The van der Waals surface area contributed by atoms with Crippen molar-refractivity contribution in [3.63, 3.8) is 0 Å². The molecule has 1 N–H and O–H groups in total. The van der Waals surface area contributed by atoms with Crippen LogP contribution < -0.4 is 5.32 Å². The van der Waals surface area contributed by atoms with Crippen LogP contribution in [0.25, 0.3) is 0 Å². The van der Waals surface area contributed by atoms with Gasteiger partial charge in [-0.2, -0.15) is 0 Å². The third kappa shape index (κ3) is 3.95. The zero-order valence-electron chi connectivity index (χ0n) is 15.0. The molecule has 3 heterocycles. The van der Waals surface area contributed by atoms with E-state index in [2.05, 4.69) is 34.1 Å². The number of piperidine rings is 1. The standard InChI is InChI=1S/C19H30N4O/c1-3-10-23-15-19(7-11-22(2)12-8-19)13-17(23)18(24)21-14-16-6-4-5-9-20-16/h4-6,9,17H,3,7-8,10-15H2,1-2H3,(H,21,24). The van der Waals surface area contributed by atoms with E-state index in [4.69, 9.17) is 0 Å². The minimum Gasteiger partial charge on any atom is -0.349 e. The molecule has 0 aliphatic carbocycles. The molecule has 0 radical (unpaired) electrons. The van der Waals surface area contributed by atoms with Gasteiger partial charge in [-0.3, -0.25) is 14.7 Å². The maximum Gasteiger partial charge on any atom is 0.237 e. The first kappa shape index (κ1) is 17.4. The summed E-state index contributed by atoms with van der Waals surface area (Å²) in [6.07, 6.45) is 6.31. The average Bonchev–Trinajstić information content (AvgIpc) is 2.95. The normalized spacial score (nSPS) is 24.3. The van der Waals surface area contributed by atoms with E-state index in [0.29, 0.717) is 12.0 Å². The summed E-state index contributed by atoms with van der Waals surface area (Å²) < 4.78 is 0. The Morgan fingerprint density at radius 2 is 2.17 bits per heavy atom. The molecule has 0 aromatic carbocycles. The number of hydrogen-bond donors (Lipinski definition) is 1. The molecule has 2 fully saturated rings. The SMILES string of the molecule is CCCN1CC2(CCN(C)CC2)CC1C(=O)NCc1ccccn1. The minimum absolute atomic E-state index is 0.0251. The quantitative estimate of drug-likeness (QED) is 0.896. The Morgan fingerprint density at radius 1 is 1.38 bits per heavy atom. The van der Waals surface area contributed by atoms with Crippen LogP contribution in [0.2, 0.25) is 0 Å². The molecule has 2 aliphatic heterocycles. The number of nitrogens with one attached hydrogen (secondary N) is 1. The van der Waals surface area contributed by atoms with E-state index in [0.717, 1.165) is 44.7 Å². The van der Waals surface area contributed by atoms with E-state index in [1.165, 1.54) is 12.8 Å². The third-order valence-electron chi connectivity index (χ3n) is 5.64. The summed E-state index contributed by atoms with van der Waals surface area (Å²) in [7, 11) is 2.20. The Morgan fingerprint density at radius 3 is 2.83 bits per heavy atom. The van der Waals surface area contributed by atoms with Crippen LogP contribution in [0, 0.1) is 5.41 Å². The molecule has 0 saturated carbocycles. The Kier molecular flexibility index (Phi) is 5.51. The van der Waals surface area contributed by atoms with Crippen molar-refractivity contribution >= 4 is 5.91 Å². The third-order valence-corrected chi connectivity index (χ3v) is 5.64. The number of carbonyl (C=O) groups is 1. The highest BCUT2D eigenvalue weighted by molar-refractivity contribution is 5.82. The minimum atomic E-state index is 0.0251. The van der Waals surface area contributed by atoms with Crippen molar-refractivity contribution in [1.82, 2.24) is 20.1 Å². The first-order valence-electron chi connectivity index (χ1n) is 9.22. The number of likely N-dealkylation sites (tertiary alicyclic amines) is 2. The lowest BCUT2D eigenvalue weighted by Gasteiger charge is -2.37. The lowest BCUT2D eigenvalue weighted by Crippen LogP contribution is -2.43. The van der Waals surface area contributed by atoms with Gasteiger partial charge < -0.3 is 10.2 Å². The van der Waals surface area contributed by atoms with Crippen LogP contribution in [-0.2, 0) is 11.3 Å². The van der Waals surface area contributed by atoms with Gasteiger partial charge in [-0.15, -0.1) is 0 Å². The monoisotopic (exact) mass is 330 g/mol. The first-order valence-corrected chi connectivity index (χ1v) is 9.22. The van der Waals surface area contributed by atoms with E-state index in [-0.39, 0.29) is 11.9 Å². The average molecular weight is 330 g/mol. The van der Waals surface area contributed by atoms with Crippen molar-refractivity contribution in [2.45, 2.75) is 45.2 Å². The summed E-state index contributed by atoms with van der Waals surface area (Å²) >= 11 is 0. The lowest BCUT2D eigenvalue weighted by atomic mass is 9.76. The number of amides is 1. The summed E-state index contributed by atoms with van der Waals surface area (Å²) in [6.45, 7) is 7.12. The molecule has 0 bridgehead atoms. The van der Waals surface area contributed by atoms with Crippen LogP contribution in [0.5, 0.6) is 0 Å². The van der Waals surface area contributed by atoms with Crippen LogP contribution >= 0.6 is 0 Å². The van der Waals surface area contributed by atoms with E-state index < -0.39 is 0 Å². The van der Waals surface area contributed by atoms with Crippen molar-refractivity contribution in [2.75, 3.05) is 33.2 Å². The zero-order chi connectivity index (χ0) is 17.0. The molecule has 1 atom stereocenters. The smallest absolute Gasteiger partial charge is 0.237 e. The molecule has 5 nitrogen and oxygen atoms in total. The van der Waals surface area contributed by atoms with Crippen molar-refractivity contribution in [2.24, 2.45) is 5.41 Å². The summed E-state index contributed by atoms with van der Waals surface area (Å²) in [6, 6.07) is 5.84. The van der Waals surface area contributed by atoms with Crippen molar-refractivity contribution in [1.29, 1.82) is 0 Å². The van der Waals surface area contributed by atoms with Gasteiger partial charge in [0, 0.05) is 12.7 Å². The first-order chi connectivity index (χ1) is 11.6. The maximum absolute atomic E-state index is 12.8. The summed E-state index contributed by atoms with van der Waals surface area (Å²) in [5.41, 5.74) is 1.26. The lowest BCUT2D eigenvalue weighted by molar-refractivity contribution is -0.125. The van der Waals surface area contributed by atoms with Crippen molar-refractivity contribution in [3.05, 3.63) is 30.1 Å². The zero-order valence-corrected chi connectivity index (χ0v) is 15.0. The molecule has 3 rings (SSSR count). The fraction of sp³-hybridized carbons (Fsp3) is 0.684. The fourth-order valence-electron chi connectivity index (χ4n) is 4.18. The van der Waals surface area contributed by atoms with Crippen LogP contribution in [0.3, 0.4) is 0 Å². The molecule has 132 valence electrons. The fourth-order valence-corrected chi connectivity index (χ4v) is 4.18. The Balaban J connectivity index is 1.62. The second-order valence-corrected chi connectivity index (χ2v) is 7.53. The molecule has 1 aromatic rings. The topological polar surface area (TPSA) is 48.5 Å². The predicted molar refractivity (Wildman–Crippen MR) is 95.5 cm³/mol. The van der Waals surface area contributed by atoms with Gasteiger partial charge >= 0.3 is 0 Å². The van der Waals surface area contributed by atoms with E-state index in [1.54, 1.807) is 6.20 Å². The maximum atomic E-state index is 12.8. The van der Waals surface area contributed by atoms with Gasteiger partial charge in [0.1, 0.15) is 0 Å². The molecular formula is C19H30N4O. The Labute approximate surface area is 145 Å². The summed E-state index contributed by atoms with van der Waals surface area (Å²) in [4.78, 5) is 21.9. The molecule has 1 spiro atoms.